The molecule has 5 rings (SSSR count). The second-order valence-corrected chi connectivity index (χ2v) is 7.61. The number of aromatic nitrogens is 5. The summed E-state index contributed by atoms with van der Waals surface area (Å²) in [7, 11) is 0. The number of rotatable bonds is 4. The Labute approximate surface area is 178 Å². The first-order valence-corrected chi connectivity index (χ1v) is 10.4. The molecule has 3 heterocycles. The normalized spacial score (nSPS) is 14.5. The number of hydrogen-bond donors (Lipinski definition) is 3. The zero-order chi connectivity index (χ0) is 20.7. The van der Waals surface area contributed by atoms with Gasteiger partial charge in [-0.2, -0.15) is 5.10 Å². The Hall–Kier alpha value is -3.04. The van der Waals surface area contributed by atoms with Crippen LogP contribution in [0.25, 0.3) is 28.0 Å². The van der Waals surface area contributed by atoms with Crippen molar-refractivity contribution in [3.63, 3.8) is 0 Å². The second-order valence-electron chi connectivity index (χ2n) is 7.21. The highest BCUT2D eigenvalue weighted by Crippen LogP contribution is 2.35. The fraction of sp³-hybridized carbons (Fsp3) is 0.286. The van der Waals surface area contributed by atoms with E-state index in [0.717, 1.165) is 60.7 Å². The molecule has 1 fully saturated rings. The van der Waals surface area contributed by atoms with Gasteiger partial charge in [-0.3, -0.25) is 9.67 Å². The lowest BCUT2D eigenvalue weighted by Crippen LogP contribution is -2.36. The number of morpholine rings is 1. The lowest BCUT2D eigenvalue weighted by atomic mass is 10.1. The van der Waals surface area contributed by atoms with Gasteiger partial charge in [0.1, 0.15) is 5.75 Å². The van der Waals surface area contributed by atoms with Crippen molar-refractivity contribution in [1.82, 2.24) is 25.0 Å². The molecule has 30 heavy (non-hydrogen) atoms. The quantitative estimate of drug-likeness (QED) is 0.438. The molecule has 2 N–H and O–H groups in total. The molecular formula is C21H22N6O2S. The molecule has 0 aliphatic carbocycles. The molecule has 0 radical (unpaired) electrons. The molecule has 1 saturated heterocycles. The number of thiol groups is 1. The van der Waals surface area contributed by atoms with Crippen molar-refractivity contribution in [3.8, 4) is 22.8 Å². The molecule has 0 saturated carbocycles. The van der Waals surface area contributed by atoms with Gasteiger partial charge in [-0.25, -0.2) is 0 Å². The number of aromatic amines is 1. The number of ether oxygens (including phenoxy) is 1. The van der Waals surface area contributed by atoms with Crippen LogP contribution in [0.2, 0.25) is 0 Å². The summed E-state index contributed by atoms with van der Waals surface area (Å²) in [5.41, 5.74) is 4.34. The van der Waals surface area contributed by atoms with Gasteiger partial charge in [-0.05, 0) is 36.8 Å². The van der Waals surface area contributed by atoms with Crippen LogP contribution in [0, 0.1) is 0 Å². The highest BCUT2D eigenvalue weighted by Gasteiger charge is 2.19. The zero-order valence-electron chi connectivity index (χ0n) is 16.5. The first kappa shape index (κ1) is 19.0. The van der Waals surface area contributed by atoms with E-state index in [-0.39, 0.29) is 5.75 Å². The predicted octanol–water partition coefficient (Wildman–Crippen LogP) is 3.20. The van der Waals surface area contributed by atoms with Crippen molar-refractivity contribution < 1.29 is 9.84 Å². The average Bonchev–Trinajstić information content (AvgIpc) is 3.36. The third-order valence-corrected chi connectivity index (χ3v) is 5.75. The number of aromatic hydroxyl groups is 1. The van der Waals surface area contributed by atoms with Gasteiger partial charge >= 0.3 is 0 Å². The smallest absolute Gasteiger partial charge is 0.193 e. The summed E-state index contributed by atoms with van der Waals surface area (Å²) in [6.07, 6.45) is 0.789. The van der Waals surface area contributed by atoms with Crippen LogP contribution < -0.4 is 4.90 Å². The molecule has 2 aromatic carbocycles. The summed E-state index contributed by atoms with van der Waals surface area (Å²) >= 11 is 4.50. The fourth-order valence-corrected chi connectivity index (χ4v) is 4.13. The van der Waals surface area contributed by atoms with Crippen molar-refractivity contribution in [2.75, 3.05) is 31.2 Å². The van der Waals surface area contributed by atoms with Gasteiger partial charge in [-0.15, -0.1) is 22.8 Å². The van der Waals surface area contributed by atoms with Crippen LogP contribution >= 0.6 is 12.6 Å². The summed E-state index contributed by atoms with van der Waals surface area (Å²) in [4.78, 5) is 2.30. The number of phenolic OH excluding ortho intramolecular Hbond substituents is 1. The molecule has 0 unspecified atom stereocenters. The third-order valence-electron chi connectivity index (χ3n) is 5.46. The predicted molar refractivity (Wildman–Crippen MR) is 118 cm³/mol. The molecule has 9 heteroatoms. The fourth-order valence-electron chi connectivity index (χ4n) is 3.88. The lowest BCUT2D eigenvalue weighted by molar-refractivity contribution is 0.122. The van der Waals surface area contributed by atoms with E-state index in [4.69, 9.17) is 4.74 Å². The Bertz CT molecular complexity index is 1190. The number of anilines is 1. The summed E-state index contributed by atoms with van der Waals surface area (Å²) in [6.45, 7) is 5.30. The summed E-state index contributed by atoms with van der Waals surface area (Å²) in [5.74, 6) is 0.641. The molecule has 8 nitrogen and oxygen atoms in total. The molecule has 0 atom stereocenters. The van der Waals surface area contributed by atoms with Gasteiger partial charge in [-0.1, -0.05) is 6.92 Å². The van der Waals surface area contributed by atoms with Gasteiger partial charge in [0.15, 0.2) is 11.0 Å². The first-order valence-electron chi connectivity index (χ1n) is 9.93. The van der Waals surface area contributed by atoms with E-state index < -0.39 is 0 Å². The maximum absolute atomic E-state index is 10.7. The number of fused-ring (bicyclic) bond motifs is 1. The molecule has 1 aliphatic rings. The molecule has 154 valence electrons. The standard InChI is InChI=1S/C21H22N6O2S/c1-2-17-15-11-16(19(28)12-18(15)23-22-17)20-24-25-21(30)27(20)14-5-3-13(4-6-14)26-7-9-29-10-8-26/h3-6,11-12,28H,2,7-10H2,1H3,(H,22,23)(H,25,30). The Morgan fingerprint density at radius 3 is 2.57 bits per heavy atom. The number of aryl methyl sites for hydroxylation is 1. The molecule has 4 aromatic rings. The van der Waals surface area contributed by atoms with Gasteiger partial charge in [0.25, 0.3) is 0 Å². The largest absolute Gasteiger partial charge is 0.507 e. The lowest BCUT2D eigenvalue weighted by Gasteiger charge is -2.29. The van der Waals surface area contributed by atoms with E-state index in [9.17, 15) is 5.11 Å². The van der Waals surface area contributed by atoms with Crippen molar-refractivity contribution >= 4 is 29.2 Å². The summed E-state index contributed by atoms with van der Waals surface area (Å²) < 4.78 is 7.27. The van der Waals surface area contributed by atoms with E-state index >= 15 is 0 Å². The van der Waals surface area contributed by atoms with Gasteiger partial charge in [0.2, 0.25) is 0 Å². The highest BCUT2D eigenvalue weighted by molar-refractivity contribution is 7.80. The van der Waals surface area contributed by atoms with E-state index in [1.807, 2.05) is 29.7 Å². The molecule has 1 aliphatic heterocycles. The zero-order valence-corrected chi connectivity index (χ0v) is 17.4. The number of H-pyrrole nitrogens is 1. The van der Waals surface area contributed by atoms with Crippen molar-refractivity contribution in [1.29, 1.82) is 0 Å². The minimum atomic E-state index is 0.112. The maximum Gasteiger partial charge on any atom is 0.193 e. The molecule has 0 spiro atoms. The van der Waals surface area contributed by atoms with Crippen molar-refractivity contribution in [2.24, 2.45) is 0 Å². The Morgan fingerprint density at radius 2 is 1.83 bits per heavy atom. The molecule has 2 aromatic heterocycles. The number of nitrogens with one attached hydrogen (secondary N) is 1. The number of phenols is 1. The van der Waals surface area contributed by atoms with Crippen LogP contribution in [0.4, 0.5) is 5.69 Å². The molecule has 0 bridgehead atoms. The topological polar surface area (TPSA) is 92.1 Å². The van der Waals surface area contributed by atoms with E-state index in [1.165, 1.54) is 0 Å². The van der Waals surface area contributed by atoms with Crippen LogP contribution in [0.1, 0.15) is 12.6 Å². The minimum Gasteiger partial charge on any atom is -0.507 e. The first-order chi connectivity index (χ1) is 14.7. The third kappa shape index (κ3) is 3.20. The second kappa shape index (κ2) is 7.66. The van der Waals surface area contributed by atoms with E-state index in [2.05, 4.69) is 50.1 Å². The van der Waals surface area contributed by atoms with E-state index in [0.29, 0.717) is 16.5 Å². The Kier molecular flexibility index (Phi) is 4.84. The van der Waals surface area contributed by atoms with Crippen molar-refractivity contribution in [3.05, 3.63) is 42.1 Å². The minimum absolute atomic E-state index is 0.112. The van der Waals surface area contributed by atoms with E-state index in [1.54, 1.807) is 6.07 Å². The molecular weight excluding hydrogens is 400 g/mol. The maximum atomic E-state index is 10.7. The highest BCUT2D eigenvalue weighted by atomic mass is 32.1. The number of benzene rings is 2. The summed E-state index contributed by atoms with van der Waals surface area (Å²) in [6, 6.07) is 11.8. The Balaban J connectivity index is 1.57. The van der Waals surface area contributed by atoms with Crippen LogP contribution in [0.15, 0.2) is 41.6 Å². The van der Waals surface area contributed by atoms with Crippen LogP contribution in [0.3, 0.4) is 0 Å². The van der Waals surface area contributed by atoms with Crippen LogP contribution in [-0.4, -0.2) is 56.4 Å². The van der Waals surface area contributed by atoms with Gasteiger partial charge in [0.05, 0.1) is 30.0 Å². The number of hydrogen-bond acceptors (Lipinski definition) is 7. The van der Waals surface area contributed by atoms with Crippen LogP contribution in [0.5, 0.6) is 5.75 Å². The Morgan fingerprint density at radius 1 is 1.10 bits per heavy atom. The van der Waals surface area contributed by atoms with Crippen LogP contribution in [-0.2, 0) is 11.2 Å². The number of nitrogens with zero attached hydrogens (tertiary/aromatic N) is 5. The summed E-state index contributed by atoms with van der Waals surface area (Å²) in [5, 5.41) is 27.8. The van der Waals surface area contributed by atoms with Gasteiger partial charge < -0.3 is 14.7 Å². The van der Waals surface area contributed by atoms with Crippen molar-refractivity contribution in [2.45, 2.75) is 18.5 Å². The van der Waals surface area contributed by atoms with Gasteiger partial charge in [0, 0.05) is 35.9 Å². The molecule has 0 amide bonds. The monoisotopic (exact) mass is 422 g/mol. The SMILES string of the molecule is CCc1n[nH]c2cc(O)c(-c3nnc(S)n3-c3ccc(N4CCOCC4)cc3)cc12. The average molecular weight is 423 g/mol.